The van der Waals surface area contributed by atoms with E-state index >= 15 is 0 Å². The van der Waals surface area contributed by atoms with Crippen molar-refractivity contribution in [3.8, 4) is 0 Å². The van der Waals surface area contributed by atoms with E-state index in [0.717, 1.165) is 6.92 Å². The van der Waals surface area contributed by atoms with Crippen LogP contribution in [0, 0.1) is 5.41 Å². The number of Topliss-reactive ketones (excluding diaryl/α,β-unsaturated/α-hetero) is 1. The van der Waals surface area contributed by atoms with Crippen molar-refractivity contribution in [1.82, 2.24) is 0 Å². The van der Waals surface area contributed by atoms with Crippen molar-refractivity contribution in [1.29, 1.82) is 5.41 Å². The number of nitrogens with one attached hydrogen (secondary N) is 1. The zero-order valence-electron chi connectivity index (χ0n) is 5.57. The Labute approximate surface area is 71.6 Å². The van der Waals surface area contributed by atoms with Crippen LogP contribution >= 0.6 is 0 Å². The Morgan fingerprint density at radius 3 is 1.91 bits per heavy atom. The summed E-state index contributed by atoms with van der Waals surface area (Å²) >= 11 is 0. The summed E-state index contributed by atoms with van der Waals surface area (Å²) in [5.41, 5.74) is -0.276. The molecule has 0 amide bonds. The summed E-state index contributed by atoms with van der Waals surface area (Å²) in [5.74, 6) is -1.86. The van der Waals surface area contributed by atoms with E-state index in [-0.39, 0.29) is 22.2 Å². The van der Waals surface area contributed by atoms with Gasteiger partial charge >= 0.3 is 6.18 Å². The van der Waals surface area contributed by atoms with Crippen LogP contribution in [-0.4, -0.2) is 17.7 Å². The maximum atomic E-state index is 11.4. The molecule has 0 aromatic carbocycles. The molecule has 2 nitrogen and oxygen atoms in total. The smallest absolute Gasteiger partial charge is 0.310 e. The predicted molar refractivity (Wildman–Crippen MR) is 29.1 cm³/mol. The SMILES string of the molecule is CC(=N)CC(=O)C(F)(F)F.[Ni]. The molecule has 0 aliphatic carbocycles. The van der Waals surface area contributed by atoms with Crippen molar-refractivity contribution < 1.29 is 34.5 Å². The van der Waals surface area contributed by atoms with Gasteiger partial charge in [-0.05, 0) is 6.92 Å². The van der Waals surface area contributed by atoms with E-state index in [1.807, 2.05) is 0 Å². The molecule has 68 valence electrons. The minimum Gasteiger partial charge on any atom is -0.310 e. The maximum absolute atomic E-state index is 11.4. The summed E-state index contributed by atoms with van der Waals surface area (Å²) in [6.45, 7) is 1.16. The van der Waals surface area contributed by atoms with Gasteiger partial charge in [0.05, 0.1) is 6.42 Å². The van der Waals surface area contributed by atoms with Gasteiger partial charge in [-0.3, -0.25) is 4.79 Å². The maximum Gasteiger partial charge on any atom is 0.450 e. The summed E-state index contributed by atoms with van der Waals surface area (Å²) in [5, 5.41) is 6.58. The Kier molecular flexibility index (Phi) is 5.40. The zero-order valence-corrected chi connectivity index (χ0v) is 6.55. The standard InChI is InChI=1S/C5H6F3NO.Ni/c1-3(9)2-4(10)5(6,7)8;/h9H,2H2,1H3;. The van der Waals surface area contributed by atoms with Crippen LogP contribution in [-0.2, 0) is 21.3 Å². The second-order valence-corrected chi connectivity index (χ2v) is 1.88. The summed E-state index contributed by atoms with van der Waals surface area (Å²) in [7, 11) is 0. The number of ketones is 1. The molecule has 0 aromatic rings. The van der Waals surface area contributed by atoms with Gasteiger partial charge in [-0.1, -0.05) is 0 Å². The Bertz CT molecular complexity index is 166. The topological polar surface area (TPSA) is 40.9 Å². The van der Waals surface area contributed by atoms with Crippen LogP contribution in [0.25, 0.3) is 0 Å². The van der Waals surface area contributed by atoms with Crippen molar-refractivity contribution >= 4 is 11.5 Å². The van der Waals surface area contributed by atoms with Crippen LogP contribution < -0.4 is 0 Å². The number of hydrogen-bond donors (Lipinski definition) is 1. The van der Waals surface area contributed by atoms with Crippen LogP contribution in [0.5, 0.6) is 0 Å². The molecule has 0 radical (unpaired) electrons. The molecule has 0 aliphatic rings. The van der Waals surface area contributed by atoms with Gasteiger partial charge in [0.1, 0.15) is 0 Å². The van der Waals surface area contributed by atoms with E-state index in [0.29, 0.717) is 0 Å². The molecule has 0 aliphatic heterocycles. The van der Waals surface area contributed by atoms with Crippen LogP contribution in [0.15, 0.2) is 0 Å². The third-order valence-electron chi connectivity index (χ3n) is 0.742. The molecule has 6 heteroatoms. The third kappa shape index (κ3) is 6.04. The Morgan fingerprint density at radius 2 is 1.82 bits per heavy atom. The van der Waals surface area contributed by atoms with E-state index in [1.54, 1.807) is 0 Å². The number of carbonyl (C=O) groups excluding carboxylic acids is 1. The molecule has 0 saturated carbocycles. The predicted octanol–water partition coefficient (Wildman–Crippen LogP) is 1.55. The molecule has 0 fully saturated rings. The first-order chi connectivity index (χ1) is 4.34. The molecule has 0 saturated heterocycles. The van der Waals surface area contributed by atoms with E-state index in [1.165, 1.54) is 0 Å². The van der Waals surface area contributed by atoms with Gasteiger partial charge in [0.15, 0.2) is 0 Å². The van der Waals surface area contributed by atoms with E-state index < -0.39 is 18.4 Å². The van der Waals surface area contributed by atoms with Crippen LogP contribution in [0.2, 0.25) is 0 Å². The van der Waals surface area contributed by atoms with Crippen LogP contribution in [0.1, 0.15) is 13.3 Å². The summed E-state index contributed by atoms with van der Waals surface area (Å²) in [4.78, 5) is 10.0. The van der Waals surface area contributed by atoms with Crippen molar-refractivity contribution in [2.45, 2.75) is 19.5 Å². The van der Waals surface area contributed by atoms with E-state index in [2.05, 4.69) is 0 Å². The van der Waals surface area contributed by atoms with Crippen molar-refractivity contribution in [2.24, 2.45) is 0 Å². The first kappa shape index (κ1) is 13.2. The molecule has 0 atom stereocenters. The fraction of sp³-hybridized carbons (Fsp3) is 0.600. The summed E-state index contributed by atoms with van der Waals surface area (Å²) in [6.07, 6.45) is -5.62. The monoisotopic (exact) mass is 211 g/mol. The Morgan fingerprint density at radius 1 is 1.45 bits per heavy atom. The molecule has 0 unspecified atom stereocenters. The first-order valence-electron chi connectivity index (χ1n) is 2.48. The molecular weight excluding hydrogens is 206 g/mol. The van der Waals surface area contributed by atoms with Gasteiger partial charge in [0.25, 0.3) is 0 Å². The molecule has 0 rings (SSSR count). The quantitative estimate of drug-likeness (QED) is 0.547. The minimum absolute atomic E-state index is 0. The molecule has 0 heterocycles. The van der Waals surface area contributed by atoms with Gasteiger partial charge < -0.3 is 5.41 Å². The number of hydrogen-bond acceptors (Lipinski definition) is 2. The zero-order chi connectivity index (χ0) is 8.36. The van der Waals surface area contributed by atoms with Crippen molar-refractivity contribution in [3.63, 3.8) is 0 Å². The second kappa shape index (κ2) is 4.49. The van der Waals surface area contributed by atoms with Crippen molar-refractivity contribution in [2.75, 3.05) is 0 Å². The van der Waals surface area contributed by atoms with Gasteiger partial charge in [0, 0.05) is 22.2 Å². The van der Waals surface area contributed by atoms with Crippen LogP contribution in [0.3, 0.4) is 0 Å². The molecule has 0 aromatic heterocycles. The average Bonchev–Trinajstić information content (AvgIpc) is 1.60. The molecule has 1 N–H and O–H groups in total. The molecule has 0 spiro atoms. The van der Waals surface area contributed by atoms with Crippen molar-refractivity contribution in [3.05, 3.63) is 0 Å². The number of halogens is 3. The number of carbonyl (C=O) groups is 1. The summed E-state index contributed by atoms with van der Waals surface area (Å²) in [6, 6.07) is 0. The fourth-order valence-corrected chi connectivity index (χ4v) is 0.341. The largest absolute Gasteiger partial charge is 0.450 e. The second-order valence-electron chi connectivity index (χ2n) is 1.88. The minimum atomic E-state index is -4.79. The van der Waals surface area contributed by atoms with Gasteiger partial charge in [0.2, 0.25) is 5.78 Å². The normalized spacial score (nSPS) is 10.2. The average molecular weight is 212 g/mol. The number of rotatable bonds is 2. The van der Waals surface area contributed by atoms with Crippen LogP contribution in [0.4, 0.5) is 13.2 Å². The first-order valence-corrected chi connectivity index (χ1v) is 2.48. The van der Waals surface area contributed by atoms with Gasteiger partial charge in [-0.2, -0.15) is 13.2 Å². The molecule has 11 heavy (non-hydrogen) atoms. The molecular formula is C5H6F3NNiO. The Balaban J connectivity index is 0. The van der Waals surface area contributed by atoms with Gasteiger partial charge in [-0.25, -0.2) is 0 Å². The number of alkyl halides is 3. The molecule has 0 bridgehead atoms. The Hall–Kier alpha value is -0.376. The summed E-state index contributed by atoms with van der Waals surface area (Å²) < 4.78 is 34.1. The van der Waals surface area contributed by atoms with E-state index in [9.17, 15) is 18.0 Å². The van der Waals surface area contributed by atoms with Gasteiger partial charge in [-0.15, -0.1) is 0 Å². The fourth-order valence-electron chi connectivity index (χ4n) is 0.341. The third-order valence-corrected chi connectivity index (χ3v) is 0.742. The van der Waals surface area contributed by atoms with E-state index in [4.69, 9.17) is 5.41 Å².